The van der Waals surface area contributed by atoms with Crippen LogP contribution in [0.25, 0.3) is 0 Å². The van der Waals surface area contributed by atoms with E-state index >= 15 is 0 Å². The Hall–Kier alpha value is -2.66. The number of carbonyl (C=O) groups is 2. The third-order valence-electron chi connectivity index (χ3n) is 5.76. The number of amides is 2. The third-order valence-corrected chi connectivity index (χ3v) is 5.76. The van der Waals surface area contributed by atoms with Crippen LogP contribution in [0.4, 0.5) is 0 Å². The SMILES string of the molecule is CN(C)CC(=O)N1CCC(C(C(N)=O)(c2ccccc2)c2ccccc2)CC1. The largest absolute Gasteiger partial charge is 0.369 e. The second kappa shape index (κ2) is 8.57. The van der Waals surface area contributed by atoms with Gasteiger partial charge in [-0.3, -0.25) is 9.59 Å². The van der Waals surface area contributed by atoms with Gasteiger partial charge in [-0.1, -0.05) is 60.7 Å². The summed E-state index contributed by atoms with van der Waals surface area (Å²) in [7, 11) is 3.79. The van der Waals surface area contributed by atoms with Gasteiger partial charge in [0.1, 0.15) is 5.41 Å². The van der Waals surface area contributed by atoms with Crippen LogP contribution in [-0.2, 0) is 15.0 Å². The Morgan fingerprint density at radius 1 is 0.964 bits per heavy atom. The van der Waals surface area contributed by atoms with E-state index in [0.29, 0.717) is 19.6 Å². The van der Waals surface area contributed by atoms with E-state index in [4.69, 9.17) is 5.73 Å². The zero-order chi connectivity index (χ0) is 20.1. The summed E-state index contributed by atoms with van der Waals surface area (Å²) < 4.78 is 0. The van der Waals surface area contributed by atoms with Crippen LogP contribution in [0.5, 0.6) is 0 Å². The molecule has 2 aromatic rings. The molecule has 28 heavy (non-hydrogen) atoms. The highest BCUT2D eigenvalue weighted by molar-refractivity contribution is 5.91. The fourth-order valence-electron chi connectivity index (χ4n) is 4.46. The number of piperidine rings is 1. The fourth-order valence-corrected chi connectivity index (χ4v) is 4.46. The van der Waals surface area contributed by atoms with Crippen molar-refractivity contribution < 1.29 is 9.59 Å². The molecule has 1 aliphatic heterocycles. The van der Waals surface area contributed by atoms with Gasteiger partial charge < -0.3 is 15.5 Å². The number of hydrogen-bond donors (Lipinski definition) is 1. The zero-order valence-electron chi connectivity index (χ0n) is 16.7. The quantitative estimate of drug-likeness (QED) is 0.837. The van der Waals surface area contributed by atoms with Gasteiger partial charge in [-0.2, -0.15) is 0 Å². The Labute approximate surface area is 167 Å². The van der Waals surface area contributed by atoms with Gasteiger partial charge in [0.05, 0.1) is 6.54 Å². The van der Waals surface area contributed by atoms with E-state index in [1.54, 1.807) is 0 Å². The second-order valence-corrected chi connectivity index (χ2v) is 7.80. The van der Waals surface area contributed by atoms with Gasteiger partial charge >= 0.3 is 0 Å². The summed E-state index contributed by atoms with van der Waals surface area (Å²) in [5.74, 6) is -0.159. The van der Waals surface area contributed by atoms with Gasteiger partial charge in [0.2, 0.25) is 11.8 Å². The average molecular weight is 380 g/mol. The molecule has 0 bridgehead atoms. The molecule has 1 heterocycles. The highest BCUT2D eigenvalue weighted by Crippen LogP contribution is 2.44. The molecule has 3 rings (SSSR count). The molecule has 0 aromatic heterocycles. The van der Waals surface area contributed by atoms with Gasteiger partial charge in [0.15, 0.2) is 0 Å². The Morgan fingerprint density at radius 2 is 1.43 bits per heavy atom. The van der Waals surface area contributed by atoms with Crippen molar-refractivity contribution in [1.29, 1.82) is 0 Å². The summed E-state index contributed by atoms with van der Waals surface area (Å²) in [6.07, 6.45) is 1.48. The molecule has 5 nitrogen and oxygen atoms in total. The molecule has 5 heteroatoms. The van der Waals surface area contributed by atoms with Crippen LogP contribution in [0.3, 0.4) is 0 Å². The Morgan fingerprint density at radius 3 is 1.82 bits per heavy atom. The smallest absolute Gasteiger partial charge is 0.236 e. The Balaban J connectivity index is 1.95. The lowest BCUT2D eigenvalue weighted by Crippen LogP contribution is -2.53. The summed E-state index contributed by atoms with van der Waals surface area (Å²) in [4.78, 5) is 29.2. The van der Waals surface area contributed by atoms with Crippen molar-refractivity contribution in [2.75, 3.05) is 33.7 Å². The number of nitrogens with zero attached hydrogens (tertiary/aromatic N) is 2. The minimum absolute atomic E-state index is 0.0400. The molecule has 1 saturated heterocycles. The molecule has 148 valence electrons. The summed E-state index contributed by atoms with van der Waals surface area (Å²) in [6, 6.07) is 19.6. The Bertz CT molecular complexity index is 758. The lowest BCUT2D eigenvalue weighted by Gasteiger charge is -2.44. The van der Waals surface area contributed by atoms with Crippen LogP contribution >= 0.6 is 0 Å². The van der Waals surface area contributed by atoms with Gasteiger partial charge in [-0.05, 0) is 44.0 Å². The number of benzene rings is 2. The number of hydrogen-bond acceptors (Lipinski definition) is 3. The van der Waals surface area contributed by atoms with Crippen molar-refractivity contribution >= 4 is 11.8 Å². The normalized spacial score (nSPS) is 15.6. The van der Waals surface area contributed by atoms with Crippen molar-refractivity contribution in [2.24, 2.45) is 11.7 Å². The molecule has 0 spiro atoms. The van der Waals surface area contributed by atoms with Crippen molar-refractivity contribution in [1.82, 2.24) is 9.80 Å². The van der Waals surface area contributed by atoms with E-state index in [0.717, 1.165) is 24.0 Å². The predicted molar refractivity (Wildman–Crippen MR) is 111 cm³/mol. The maximum absolute atomic E-state index is 13.0. The topological polar surface area (TPSA) is 66.6 Å². The number of likely N-dealkylation sites (tertiary alicyclic amines) is 1. The summed E-state index contributed by atoms with van der Waals surface area (Å²) >= 11 is 0. The lowest BCUT2D eigenvalue weighted by molar-refractivity contribution is -0.134. The average Bonchev–Trinajstić information content (AvgIpc) is 2.70. The van der Waals surface area contributed by atoms with E-state index in [-0.39, 0.29) is 17.7 Å². The number of likely N-dealkylation sites (N-methyl/N-ethyl adjacent to an activating group) is 1. The first-order valence-corrected chi connectivity index (χ1v) is 9.79. The molecule has 2 amide bonds. The van der Waals surface area contributed by atoms with Crippen LogP contribution < -0.4 is 5.73 Å². The van der Waals surface area contributed by atoms with E-state index in [2.05, 4.69) is 0 Å². The van der Waals surface area contributed by atoms with Crippen LogP contribution in [0.2, 0.25) is 0 Å². The van der Waals surface area contributed by atoms with Gasteiger partial charge in [0, 0.05) is 13.1 Å². The van der Waals surface area contributed by atoms with E-state index < -0.39 is 5.41 Å². The van der Waals surface area contributed by atoms with Crippen LogP contribution in [0, 0.1) is 5.92 Å². The predicted octanol–water partition coefficient (Wildman–Crippen LogP) is 2.26. The first-order chi connectivity index (χ1) is 13.5. The maximum Gasteiger partial charge on any atom is 0.236 e. The highest BCUT2D eigenvalue weighted by atomic mass is 16.2. The number of primary amides is 1. The van der Waals surface area contributed by atoms with Crippen LogP contribution in [-0.4, -0.2) is 55.3 Å². The molecule has 1 fully saturated rings. The second-order valence-electron chi connectivity index (χ2n) is 7.80. The number of nitrogens with two attached hydrogens (primary N) is 1. The molecule has 0 aliphatic carbocycles. The van der Waals surface area contributed by atoms with Crippen molar-refractivity contribution in [3.63, 3.8) is 0 Å². The number of carbonyl (C=O) groups excluding carboxylic acids is 2. The fraction of sp³-hybridized carbons (Fsp3) is 0.391. The first kappa shape index (κ1) is 20.1. The summed E-state index contributed by atoms with van der Waals surface area (Å²) in [6.45, 7) is 1.70. The van der Waals surface area contributed by atoms with Gasteiger partial charge in [0.25, 0.3) is 0 Å². The minimum atomic E-state index is -0.890. The zero-order valence-corrected chi connectivity index (χ0v) is 16.7. The molecule has 1 aliphatic rings. The molecular formula is C23H29N3O2. The van der Waals surface area contributed by atoms with Crippen molar-refractivity contribution in [3.05, 3.63) is 71.8 Å². The van der Waals surface area contributed by atoms with E-state index in [1.165, 1.54) is 0 Å². The first-order valence-electron chi connectivity index (χ1n) is 9.79. The van der Waals surface area contributed by atoms with Crippen molar-refractivity contribution in [2.45, 2.75) is 18.3 Å². The van der Waals surface area contributed by atoms with Crippen LogP contribution in [0.15, 0.2) is 60.7 Å². The molecular weight excluding hydrogens is 350 g/mol. The molecule has 0 atom stereocenters. The highest BCUT2D eigenvalue weighted by Gasteiger charge is 2.48. The molecule has 0 radical (unpaired) electrons. The van der Waals surface area contributed by atoms with Crippen LogP contribution in [0.1, 0.15) is 24.0 Å². The molecule has 0 saturated carbocycles. The van der Waals surface area contributed by atoms with E-state index in [1.807, 2.05) is 84.6 Å². The Kier molecular flexibility index (Phi) is 6.15. The minimum Gasteiger partial charge on any atom is -0.369 e. The maximum atomic E-state index is 13.0. The van der Waals surface area contributed by atoms with E-state index in [9.17, 15) is 9.59 Å². The summed E-state index contributed by atoms with van der Waals surface area (Å²) in [5, 5.41) is 0. The lowest BCUT2D eigenvalue weighted by atomic mass is 9.62. The third kappa shape index (κ3) is 3.80. The molecule has 2 N–H and O–H groups in total. The van der Waals surface area contributed by atoms with Gasteiger partial charge in [-0.25, -0.2) is 0 Å². The monoisotopic (exact) mass is 379 g/mol. The standard InChI is InChI=1S/C23H29N3O2/c1-25(2)17-21(27)26-15-13-20(14-16-26)23(22(24)28,18-9-5-3-6-10-18)19-11-7-4-8-12-19/h3-12,20H,13-17H2,1-2H3,(H2,24,28). The molecule has 0 unspecified atom stereocenters. The van der Waals surface area contributed by atoms with Crippen molar-refractivity contribution in [3.8, 4) is 0 Å². The van der Waals surface area contributed by atoms with Gasteiger partial charge in [-0.15, -0.1) is 0 Å². The summed E-state index contributed by atoms with van der Waals surface area (Å²) in [5.41, 5.74) is 7.06. The number of rotatable bonds is 6. The molecule has 2 aromatic carbocycles.